The minimum absolute atomic E-state index is 0.595. The molecule has 0 saturated carbocycles. The highest BCUT2D eigenvalue weighted by molar-refractivity contribution is 14.1. The Labute approximate surface area is 104 Å². The molecule has 3 aliphatic rings. The third-order valence-corrected chi connectivity index (χ3v) is 4.40. The fourth-order valence-electron chi connectivity index (χ4n) is 2.61. The van der Waals surface area contributed by atoms with E-state index in [2.05, 4.69) is 65.1 Å². The zero-order chi connectivity index (χ0) is 10.3. The van der Waals surface area contributed by atoms with Gasteiger partial charge >= 0.3 is 0 Å². The normalized spacial score (nSPS) is 32.5. The van der Waals surface area contributed by atoms with Gasteiger partial charge in [-0.3, -0.25) is 0 Å². The number of hydrogen-bond acceptors (Lipinski definition) is 0. The van der Waals surface area contributed by atoms with Crippen molar-refractivity contribution in [3.05, 3.63) is 57.3 Å². The van der Waals surface area contributed by atoms with Crippen molar-refractivity contribution < 1.29 is 0 Å². The van der Waals surface area contributed by atoms with E-state index in [0.717, 1.165) is 0 Å². The van der Waals surface area contributed by atoms with Gasteiger partial charge in [0.25, 0.3) is 0 Å². The molecular formula is C14H13I. The average Bonchev–Trinajstić information content (AvgIpc) is 2.30. The van der Waals surface area contributed by atoms with Gasteiger partial charge in [-0.15, -0.1) is 0 Å². The Morgan fingerprint density at radius 3 is 2.80 bits per heavy atom. The van der Waals surface area contributed by atoms with E-state index in [1.165, 1.54) is 16.4 Å². The Morgan fingerprint density at radius 2 is 1.93 bits per heavy atom. The van der Waals surface area contributed by atoms with Crippen LogP contribution in [0.3, 0.4) is 0 Å². The first kappa shape index (κ1) is 9.64. The Kier molecular flexibility index (Phi) is 2.43. The zero-order valence-electron chi connectivity index (χ0n) is 8.49. The van der Waals surface area contributed by atoms with Crippen molar-refractivity contribution >= 4 is 22.6 Å². The molecule has 0 aliphatic heterocycles. The SMILES string of the molecule is IC1=CC2=C(C=CCC2)[C@@H]2C=CC=CC12. The van der Waals surface area contributed by atoms with E-state index >= 15 is 0 Å². The average molecular weight is 308 g/mol. The Morgan fingerprint density at radius 1 is 1.13 bits per heavy atom. The van der Waals surface area contributed by atoms with Crippen molar-refractivity contribution in [2.75, 3.05) is 0 Å². The minimum Gasteiger partial charge on any atom is -0.0839 e. The zero-order valence-corrected chi connectivity index (χ0v) is 10.6. The van der Waals surface area contributed by atoms with E-state index in [1.807, 2.05) is 0 Å². The Hall–Kier alpha value is -0.570. The summed E-state index contributed by atoms with van der Waals surface area (Å²) in [6.45, 7) is 0. The van der Waals surface area contributed by atoms with Crippen molar-refractivity contribution in [3.63, 3.8) is 0 Å². The van der Waals surface area contributed by atoms with Gasteiger partial charge in [0.05, 0.1) is 0 Å². The molecule has 0 nitrogen and oxygen atoms in total. The Balaban J connectivity index is 2.09. The second kappa shape index (κ2) is 3.78. The van der Waals surface area contributed by atoms with Crippen molar-refractivity contribution in [2.45, 2.75) is 12.8 Å². The van der Waals surface area contributed by atoms with Crippen LogP contribution in [-0.4, -0.2) is 0 Å². The minimum atomic E-state index is 0.595. The number of halogens is 1. The highest BCUT2D eigenvalue weighted by Crippen LogP contribution is 2.43. The molecule has 15 heavy (non-hydrogen) atoms. The van der Waals surface area contributed by atoms with Crippen molar-refractivity contribution in [3.8, 4) is 0 Å². The van der Waals surface area contributed by atoms with E-state index in [0.29, 0.717) is 11.8 Å². The molecule has 0 radical (unpaired) electrons. The highest BCUT2D eigenvalue weighted by atomic mass is 127. The smallest absolute Gasteiger partial charge is 0.0183 e. The van der Waals surface area contributed by atoms with E-state index < -0.39 is 0 Å². The van der Waals surface area contributed by atoms with Crippen LogP contribution in [0.5, 0.6) is 0 Å². The molecule has 0 N–H and O–H groups in total. The lowest BCUT2D eigenvalue weighted by Crippen LogP contribution is -2.20. The molecule has 1 unspecified atom stereocenters. The molecule has 0 aromatic carbocycles. The molecule has 0 aromatic rings. The quantitative estimate of drug-likeness (QED) is 0.585. The third kappa shape index (κ3) is 1.57. The van der Waals surface area contributed by atoms with E-state index in [-0.39, 0.29) is 0 Å². The summed E-state index contributed by atoms with van der Waals surface area (Å²) >= 11 is 2.50. The van der Waals surface area contributed by atoms with Gasteiger partial charge in [-0.25, -0.2) is 0 Å². The van der Waals surface area contributed by atoms with Gasteiger partial charge in [0.1, 0.15) is 0 Å². The standard InChI is InChI=1S/C14H13I/c15-14-9-10-5-1-2-6-11(10)12-7-3-4-8-13(12)14/h2-4,6-9,12-13H,1,5H2/t12-,13?/m0/s1. The van der Waals surface area contributed by atoms with Crippen LogP contribution in [0.1, 0.15) is 12.8 Å². The molecule has 76 valence electrons. The van der Waals surface area contributed by atoms with Gasteiger partial charge in [0, 0.05) is 11.8 Å². The summed E-state index contributed by atoms with van der Waals surface area (Å²) < 4.78 is 1.49. The predicted molar refractivity (Wildman–Crippen MR) is 72.8 cm³/mol. The first-order valence-corrected chi connectivity index (χ1v) is 6.56. The van der Waals surface area contributed by atoms with E-state index in [4.69, 9.17) is 0 Å². The molecule has 0 spiro atoms. The lowest BCUT2D eigenvalue weighted by Gasteiger charge is -2.32. The largest absolute Gasteiger partial charge is 0.0839 e. The molecule has 3 aliphatic carbocycles. The summed E-state index contributed by atoms with van der Waals surface area (Å²) in [6.07, 6.45) is 18.5. The third-order valence-electron chi connectivity index (χ3n) is 3.37. The molecule has 1 heteroatoms. The molecule has 0 saturated heterocycles. The second-order valence-corrected chi connectivity index (χ2v) is 5.52. The van der Waals surface area contributed by atoms with Gasteiger partial charge in [-0.05, 0) is 56.2 Å². The van der Waals surface area contributed by atoms with Crippen molar-refractivity contribution in [2.24, 2.45) is 11.8 Å². The molecular weight excluding hydrogens is 295 g/mol. The van der Waals surface area contributed by atoms with Gasteiger partial charge in [0.15, 0.2) is 0 Å². The van der Waals surface area contributed by atoms with E-state index in [9.17, 15) is 0 Å². The van der Waals surface area contributed by atoms with Crippen molar-refractivity contribution in [1.82, 2.24) is 0 Å². The summed E-state index contributed by atoms with van der Waals surface area (Å²) in [6, 6.07) is 0. The van der Waals surface area contributed by atoms with Crippen LogP contribution in [0.4, 0.5) is 0 Å². The van der Waals surface area contributed by atoms with Gasteiger partial charge < -0.3 is 0 Å². The topological polar surface area (TPSA) is 0 Å². The first-order valence-electron chi connectivity index (χ1n) is 5.48. The molecule has 0 amide bonds. The number of fused-ring (bicyclic) bond motifs is 2. The van der Waals surface area contributed by atoms with Crippen LogP contribution in [-0.2, 0) is 0 Å². The molecule has 3 rings (SSSR count). The highest BCUT2D eigenvalue weighted by Gasteiger charge is 2.29. The number of rotatable bonds is 0. The van der Waals surface area contributed by atoms with Gasteiger partial charge in [-0.2, -0.15) is 0 Å². The summed E-state index contributed by atoms with van der Waals surface area (Å²) in [4.78, 5) is 0. The fraction of sp³-hybridized carbons (Fsp3) is 0.286. The molecule has 0 heterocycles. The van der Waals surface area contributed by atoms with Crippen LogP contribution in [0.15, 0.2) is 57.3 Å². The van der Waals surface area contributed by atoms with Crippen LogP contribution in [0.25, 0.3) is 0 Å². The van der Waals surface area contributed by atoms with Gasteiger partial charge in [0.2, 0.25) is 0 Å². The van der Waals surface area contributed by atoms with Crippen LogP contribution < -0.4 is 0 Å². The summed E-state index contributed by atoms with van der Waals surface area (Å²) in [7, 11) is 0. The molecule has 0 bridgehead atoms. The fourth-order valence-corrected chi connectivity index (χ4v) is 3.58. The summed E-state index contributed by atoms with van der Waals surface area (Å²) in [5.41, 5.74) is 3.11. The Bertz CT molecular complexity index is 432. The monoisotopic (exact) mass is 308 g/mol. The molecule has 0 aromatic heterocycles. The lowest BCUT2D eigenvalue weighted by molar-refractivity contribution is 0.616. The maximum atomic E-state index is 2.50. The first-order chi connectivity index (χ1) is 7.36. The van der Waals surface area contributed by atoms with Crippen molar-refractivity contribution in [1.29, 1.82) is 0 Å². The maximum absolute atomic E-state index is 2.50. The van der Waals surface area contributed by atoms with Gasteiger partial charge in [-0.1, -0.05) is 36.5 Å². The van der Waals surface area contributed by atoms with Crippen LogP contribution >= 0.6 is 22.6 Å². The maximum Gasteiger partial charge on any atom is 0.0183 e. The second-order valence-electron chi connectivity index (χ2n) is 4.27. The number of allylic oxidation sites excluding steroid dienone is 10. The van der Waals surface area contributed by atoms with Crippen LogP contribution in [0.2, 0.25) is 0 Å². The predicted octanol–water partition coefficient (Wildman–Crippen LogP) is 4.32. The van der Waals surface area contributed by atoms with E-state index in [1.54, 1.807) is 11.1 Å². The van der Waals surface area contributed by atoms with Crippen LogP contribution in [0, 0.1) is 11.8 Å². The summed E-state index contributed by atoms with van der Waals surface area (Å²) in [5.74, 6) is 1.19. The lowest BCUT2D eigenvalue weighted by atomic mass is 9.75. The molecule has 2 atom stereocenters. The molecule has 0 fully saturated rings. The summed E-state index contributed by atoms with van der Waals surface area (Å²) in [5, 5.41) is 0. The number of hydrogen-bond donors (Lipinski definition) is 0.